The minimum Gasteiger partial charge on any atom is -0.478 e. The molecule has 4 rings (SSSR count). The van der Waals surface area contributed by atoms with Crippen LogP contribution in [0.25, 0.3) is 0 Å². The van der Waals surface area contributed by atoms with Crippen LogP contribution in [0.1, 0.15) is 23.6 Å². The number of benzene rings is 3. The third-order valence-electron chi connectivity index (χ3n) is 4.90. The summed E-state index contributed by atoms with van der Waals surface area (Å²) in [6, 6.07) is 26.9. The Labute approximate surface area is 169 Å². The van der Waals surface area contributed by atoms with Crippen LogP contribution >= 0.6 is 0 Å². The van der Waals surface area contributed by atoms with Crippen molar-refractivity contribution in [2.24, 2.45) is 0 Å². The maximum atomic E-state index is 12.8. The van der Waals surface area contributed by atoms with Crippen molar-refractivity contribution in [1.29, 1.82) is 0 Å². The van der Waals surface area contributed by atoms with Gasteiger partial charge in [0, 0.05) is 0 Å². The maximum Gasteiger partial charge on any atom is 0.266 e. The molecule has 3 aromatic rings. The van der Waals surface area contributed by atoms with Crippen molar-refractivity contribution < 1.29 is 14.3 Å². The van der Waals surface area contributed by atoms with Gasteiger partial charge in [-0.2, -0.15) is 0 Å². The Balaban J connectivity index is 1.46. The number of carbonyl (C=O) groups excluding carboxylic acids is 2. The second-order valence-electron chi connectivity index (χ2n) is 7.02. The standard InChI is InChI=1S/C24H22N2O3/c27-23(16-22-24(28)26-19-13-7-8-14-21(19)29-22)25-20(18-11-5-2-6-12-18)15-17-9-3-1-4-10-17/h1-14,20,22H,15-16H2,(H,25,27)(H,26,28)/t20-,22-/m1/s1. The molecule has 0 unspecified atom stereocenters. The van der Waals surface area contributed by atoms with E-state index in [1.165, 1.54) is 0 Å². The molecule has 0 radical (unpaired) electrons. The Morgan fingerprint density at radius 1 is 0.931 bits per heavy atom. The van der Waals surface area contributed by atoms with Crippen LogP contribution in [0.3, 0.4) is 0 Å². The number of ether oxygens (including phenoxy) is 1. The SMILES string of the molecule is O=C(C[C@H]1Oc2ccccc2NC1=O)N[C@H](Cc1ccccc1)c1ccccc1. The first-order valence-electron chi connectivity index (χ1n) is 9.64. The fourth-order valence-electron chi connectivity index (χ4n) is 3.44. The zero-order chi connectivity index (χ0) is 20.1. The smallest absolute Gasteiger partial charge is 0.266 e. The van der Waals surface area contributed by atoms with E-state index in [1.807, 2.05) is 72.8 Å². The van der Waals surface area contributed by atoms with Crippen molar-refractivity contribution in [3.63, 3.8) is 0 Å². The number of carbonyl (C=O) groups is 2. The normalized spacial score (nSPS) is 16.1. The number of rotatable bonds is 6. The Morgan fingerprint density at radius 2 is 1.59 bits per heavy atom. The fourth-order valence-corrected chi connectivity index (χ4v) is 3.44. The third kappa shape index (κ3) is 4.63. The fraction of sp³-hybridized carbons (Fsp3) is 0.167. The van der Waals surface area contributed by atoms with E-state index in [0.717, 1.165) is 11.1 Å². The largest absolute Gasteiger partial charge is 0.478 e. The summed E-state index contributed by atoms with van der Waals surface area (Å²) >= 11 is 0. The van der Waals surface area contributed by atoms with E-state index in [-0.39, 0.29) is 24.3 Å². The van der Waals surface area contributed by atoms with Gasteiger partial charge in [-0.15, -0.1) is 0 Å². The van der Waals surface area contributed by atoms with Gasteiger partial charge in [-0.25, -0.2) is 0 Å². The molecule has 5 heteroatoms. The molecule has 0 fully saturated rings. The van der Waals surface area contributed by atoms with Gasteiger partial charge in [0.05, 0.1) is 18.2 Å². The summed E-state index contributed by atoms with van der Waals surface area (Å²) in [6.45, 7) is 0. The molecule has 2 atom stereocenters. The first-order valence-corrected chi connectivity index (χ1v) is 9.64. The first-order chi connectivity index (χ1) is 14.2. The van der Waals surface area contributed by atoms with E-state index < -0.39 is 6.10 Å². The van der Waals surface area contributed by atoms with Gasteiger partial charge in [-0.1, -0.05) is 72.8 Å². The molecule has 0 saturated carbocycles. The summed E-state index contributed by atoms with van der Waals surface area (Å²) in [4.78, 5) is 25.1. The minimum absolute atomic E-state index is 0.0434. The van der Waals surface area contributed by atoms with E-state index in [9.17, 15) is 9.59 Å². The molecule has 1 heterocycles. The Hall–Kier alpha value is -3.60. The lowest BCUT2D eigenvalue weighted by atomic mass is 9.98. The average Bonchev–Trinajstić information content (AvgIpc) is 2.75. The second-order valence-corrected chi connectivity index (χ2v) is 7.02. The highest BCUT2D eigenvalue weighted by molar-refractivity contribution is 5.99. The van der Waals surface area contributed by atoms with Crippen molar-refractivity contribution in [1.82, 2.24) is 5.32 Å². The van der Waals surface area contributed by atoms with Crippen molar-refractivity contribution >= 4 is 17.5 Å². The molecule has 29 heavy (non-hydrogen) atoms. The molecule has 5 nitrogen and oxygen atoms in total. The van der Waals surface area contributed by atoms with Gasteiger partial charge >= 0.3 is 0 Å². The molecular weight excluding hydrogens is 364 g/mol. The zero-order valence-corrected chi connectivity index (χ0v) is 15.9. The van der Waals surface area contributed by atoms with Crippen LogP contribution in [0.5, 0.6) is 5.75 Å². The average molecular weight is 386 g/mol. The van der Waals surface area contributed by atoms with E-state index >= 15 is 0 Å². The van der Waals surface area contributed by atoms with Crippen molar-refractivity contribution in [2.75, 3.05) is 5.32 Å². The highest BCUT2D eigenvalue weighted by Crippen LogP contribution is 2.29. The predicted molar refractivity (Wildman–Crippen MR) is 112 cm³/mol. The lowest BCUT2D eigenvalue weighted by Gasteiger charge is -2.26. The highest BCUT2D eigenvalue weighted by atomic mass is 16.5. The number of anilines is 1. The van der Waals surface area contributed by atoms with Crippen LogP contribution in [0.2, 0.25) is 0 Å². The number of amides is 2. The molecule has 1 aliphatic heterocycles. The van der Waals surface area contributed by atoms with Gasteiger partial charge in [-0.3, -0.25) is 9.59 Å². The Bertz CT molecular complexity index is 989. The highest BCUT2D eigenvalue weighted by Gasteiger charge is 2.30. The van der Waals surface area contributed by atoms with Gasteiger partial charge in [0.25, 0.3) is 5.91 Å². The van der Waals surface area contributed by atoms with Crippen molar-refractivity contribution in [3.05, 3.63) is 96.1 Å². The Morgan fingerprint density at radius 3 is 2.34 bits per heavy atom. The lowest BCUT2D eigenvalue weighted by molar-refractivity contribution is -0.130. The topological polar surface area (TPSA) is 67.4 Å². The minimum atomic E-state index is -0.849. The van der Waals surface area contributed by atoms with Crippen LogP contribution in [0.15, 0.2) is 84.9 Å². The molecule has 0 aromatic heterocycles. The van der Waals surface area contributed by atoms with Crippen LogP contribution in [-0.2, 0) is 16.0 Å². The number of fused-ring (bicyclic) bond motifs is 1. The van der Waals surface area contributed by atoms with E-state index in [0.29, 0.717) is 17.9 Å². The number of para-hydroxylation sites is 2. The first kappa shape index (κ1) is 18.7. The van der Waals surface area contributed by atoms with Gasteiger partial charge in [0.15, 0.2) is 6.10 Å². The number of nitrogens with one attached hydrogen (secondary N) is 2. The molecule has 1 aliphatic rings. The predicted octanol–water partition coefficient (Wildman–Crippen LogP) is 3.88. The van der Waals surface area contributed by atoms with Crippen LogP contribution in [0.4, 0.5) is 5.69 Å². The lowest BCUT2D eigenvalue weighted by Crippen LogP contribution is -2.41. The maximum absolute atomic E-state index is 12.8. The number of hydrogen-bond donors (Lipinski definition) is 2. The van der Waals surface area contributed by atoms with Crippen LogP contribution < -0.4 is 15.4 Å². The summed E-state index contributed by atoms with van der Waals surface area (Å²) in [5, 5.41) is 5.87. The van der Waals surface area contributed by atoms with Crippen LogP contribution in [-0.4, -0.2) is 17.9 Å². The molecule has 3 aromatic carbocycles. The molecule has 0 saturated heterocycles. The zero-order valence-electron chi connectivity index (χ0n) is 15.9. The van der Waals surface area contributed by atoms with E-state index in [2.05, 4.69) is 10.6 Å². The molecule has 2 N–H and O–H groups in total. The summed E-state index contributed by atoms with van der Waals surface area (Å²) in [6.07, 6.45) is -0.229. The van der Waals surface area contributed by atoms with Crippen LogP contribution in [0, 0.1) is 0 Å². The number of hydrogen-bond acceptors (Lipinski definition) is 3. The van der Waals surface area contributed by atoms with Crippen molar-refractivity contribution in [3.8, 4) is 5.75 Å². The molecule has 0 bridgehead atoms. The third-order valence-corrected chi connectivity index (χ3v) is 4.90. The van der Waals surface area contributed by atoms with Gasteiger partial charge in [0.2, 0.25) is 5.91 Å². The molecule has 146 valence electrons. The molecule has 2 amide bonds. The summed E-state index contributed by atoms with van der Waals surface area (Å²) in [7, 11) is 0. The van der Waals surface area contributed by atoms with Crippen molar-refractivity contribution in [2.45, 2.75) is 25.0 Å². The summed E-state index contributed by atoms with van der Waals surface area (Å²) in [5.41, 5.74) is 2.77. The Kier molecular flexibility index (Phi) is 5.56. The summed E-state index contributed by atoms with van der Waals surface area (Å²) in [5.74, 6) is 0.0429. The van der Waals surface area contributed by atoms with Gasteiger partial charge in [-0.05, 0) is 29.7 Å². The molecule has 0 spiro atoms. The monoisotopic (exact) mass is 386 g/mol. The second kappa shape index (κ2) is 8.61. The molecule has 0 aliphatic carbocycles. The van der Waals surface area contributed by atoms with E-state index in [1.54, 1.807) is 12.1 Å². The summed E-state index contributed by atoms with van der Waals surface area (Å²) < 4.78 is 5.75. The quantitative estimate of drug-likeness (QED) is 0.676. The molecular formula is C24H22N2O3. The van der Waals surface area contributed by atoms with Gasteiger partial charge < -0.3 is 15.4 Å². The van der Waals surface area contributed by atoms with E-state index in [4.69, 9.17) is 4.74 Å². The van der Waals surface area contributed by atoms with Gasteiger partial charge in [0.1, 0.15) is 5.75 Å².